The summed E-state index contributed by atoms with van der Waals surface area (Å²) in [5, 5.41) is 13.3. The third kappa shape index (κ3) is 5.59. The van der Waals surface area contributed by atoms with Crippen LogP contribution in [0.4, 0.5) is 0 Å². The van der Waals surface area contributed by atoms with Gasteiger partial charge in [-0.05, 0) is 37.1 Å². The lowest BCUT2D eigenvalue weighted by molar-refractivity contribution is 0.0213. The first kappa shape index (κ1) is 17.9. The lowest BCUT2D eigenvalue weighted by Gasteiger charge is -2.27. The fraction of sp³-hybridized carbons (Fsp3) is 0.562. The molecule has 0 fully saturated rings. The van der Waals surface area contributed by atoms with Gasteiger partial charge in [-0.15, -0.1) is 0 Å². The summed E-state index contributed by atoms with van der Waals surface area (Å²) < 4.78 is 11.3. The molecule has 0 bridgehead atoms. The predicted molar refractivity (Wildman–Crippen MR) is 85.9 cm³/mol. The zero-order chi connectivity index (χ0) is 15.9. The Morgan fingerprint density at radius 3 is 2.14 bits per heavy atom. The Morgan fingerprint density at radius 2 is 1.71 bits per heavy atom. The zero-order valence-electron chi connectivity index (χ0n) is 13.0. The Morgan fingerprint density at radius 1 is 1.19 bits per heavy atom. The summed E-state index contributed by atoms with van der Waals surface area (Å²) in [6.45, 7) is 4.30. The maximum atomic E-state index is 12.1. The third-order valence-corrected chi connectivity index (χ3v) is 4.39. The smallest absolute Gasteiger partial charge is 0.251 e. The van der Waals surface area contributed by atoms with Crippen LogP contribution in [0, 0.1) is 0 Å². The van der Waals surface area contributed by atoms with Gasteiger partial charge in [0.15, 0.2) is 0 Å². The minimum Gasteiger partial charge on any atom is -0.388 e. The number of rotatable bonds is 8. The minimum absolute atomic E-state index is 0.214. The Bertz CT molecular complexity index is 479. The van der Waals surface area contributed by atoms with E-state index in [4.69, 9.17) is 0 Å². The molecule has 21 heavy (non-hydrogen) atoms. The minimum atomic E-state index is -1.05. The number of nitrogens with one attached hydrogen (secondary N) is 1. The molecule has 0 radical (unpaired) electrons. The fourth-order valence-corrected chi connectivity index (χ4v) is 2.90. The van der Waals surface area contributed by atoms with E-state index in [0.717, 1.165) is 12.8 Å². The van der Waals surface area contributed by atoms with Crippen LogP contribution in [0.3, 0.4) is 0 Å². The molecule has 0 aromatic heterocycles. The molecule has 118 valence electrons. The molecular formula is C16H25NO3S. The van der Waals surface area contributed by atoms with Crippen molar-refractivity contribution < 1.29 is 14.1 Å². The molecule has 0 aliphatic rings. The second kappa shape index (κ2) is 8.29. The Kier molecular flexibility index (Phi) is 7.05. The van der Waals surface area contributed by atoms with Crippen molar-refractivity contribution in [2.75, 3.05) is 12.8 Å². The first-order chi connectivity index (χ1) is 9.91. The number of aliphatic hydroxyl groups is 1. The van der Waals surface area contributed by atoms with Crippen molar-refractivity contribution in [2.24, 2.45) is 0 Å². The van der Waals surface area contributed by atoms with Gasteiger partial charge >= 0.3 is 0 Å². The summed E-state index contributed by atoms with van der Waals surface area (Å²) in [4.78, 5) is 12.8. The Balaban J connectivity index is 2.65. The van der Waals surface area contributed by atoms with Gasteiger partial charge in [-0.2, -0.15) is 0 Å². The summed E-state index contributed by atoms with van der Waals surface area (Å²) in [5.41, 5.74) is -0.316. The molecule has 0 spiro atoms. The highest BCUT2D eigenvalue weighted by Crippen LogP contribution is 2.18. The van der Waals surface area contributed by atoms with E-state index in [1.54, 1.807) is 30.5 Å². The van der Waals surface area contributed by atoms with Gasteiger partial charge in [0, 0.05) is 34.1 Å². The highest BCUT2D eigenvalue weighted by molar-refractivity contribution is 7.84. The molecule has 1 atom stereocenters. The predicted octanol–water partition coefficient (Wildman–Crippen LogP) is 2.49. The normalized spacial score (nSPS) is 13.0. The summed E-state index contributed by atoms with van der Waals surface area (Å²) in [6, 6.07) is 6.69. The maximum Gasteiger partial charge on any atom is 0.251 e. The lowest BCUT2D eigenvalue weighted by atomic mass is 9.92. The van der Waals surface area contributed by atoms with Crippen LogP contribution in [0.1, 0.15) is 49.9 Å². The molecule has 0 saturated carbocycles. The summed E-state index contributed by atoms with van der Waals surface area (Å²) in [7, 11) is -1.05. The zero-order valence-corrected chi connectivity index (χ0v) is 13.8. The van der Waals surface area contributed by atoms with Crippen LogP contribution in [0.25, 0.3) is 0 Å². The van der Waals surface area contributed by atoms with Crippen molar-refractivity contribution in [3.05, 3.63) is 29.8 Å². The number of benzene rings is 1. The maximum absolute atomic E-state index is 12.1. The van der Waals surface area contributed by atoms with Crippen LogP contribution in [-0.2, 0) is 10.8 Å². The molecule has 1 aromatic rings. The second-order valence-corrected chi connectivity index (χ2v) is 6.77. The summed E-state index contributed by atoms with van der Waals surface area (Å²) in [6.07, 6.45) is 4.71. The quantitative estimate of drug-likeness (QED) is 0.775. The molecule has 0 heterocycles. The number of carbonyl (C=O) groups is 1. The van der Waals surface area contributed by atoms with Gasteiger partial charge in [0.05, 0.1) is 5.60 Å². The standard InChI is InChI=1S/C16H25NO3S/c1-4-10-16(19,11-5-2)12-17-15(18)13-6-8-14(9-7-13)21(3)20/h6-9,19H,4-5,10-12H2,1-3H3,(H,17,18). The van der Waals surface area contributed by atoms with Crippen molar-refractivity contribution in [1.29, 1.82) is 0 Å². The molecule has 1 amide bonds. The van der Waals surface area contributed by atoms with Crippen LogP contribution in [-0.4, -0.2) is 33.6 Å². The molecule has 0 saturated heterocycles. The van der Waals surface area contributed by atoms with Crippen molar-refractivity contribution in [2.45, 2.75) is 50.0 Å². The molecule has 1 aromatic carbocycles. The van der Waals surface area contributed by atoms with E-state index in [0.29, 0.717) is 23.3 Å². The highest BCUT2D eigenvalue weighted by Gasteiger charge is 2.25. The molecule has 0 aliphatic heterocycles. The van der Waals surface area contributed by atoms with Crippen LogP contribution < -0.4 is 5.32 Å². The van der Waals surface area contributed by atoms with E-state index in [9.17, 15) is 14.1 Å². The fourth-order valence-electron chi connectivity index (χ4n) is 2.38. The average Bonchev–Trinajstić information content (AvgIpc) is 2.45. The molecule has 1 unspecified atom stereocenters. The van der Waals surface area contributed by atoms with E-state index in [-0.39, 0.29) is 12.5 Å². The van der Waals surface area contributed by atoms with Gasteiger partial charge in [-0.1, -0.05) is 26.7 Å². The molecule has 2 N–H and O–H groups in total. The first-order valence-corrected chi connectivity index (χ1v) is 8.91. The van der Waals surface area contributed by atoms with E-state index >= 15 is 0 Å². The molecule has 1 rings (SSSR count). The molecule has 0 aliphatic carbocycles. The molecule has 5 heteroatoms. The van der Waals surface area contributed by atoms with Crippen LogP contribution in [0.2, 0.25) is 0 Å². The number of hydrogen-bond donors (Lipinski definition) is 2. The monoisotopic (exact) mass is 311 g/mol. The van der Waals surface area contributed by atoms with Crippen molar-refractivity contribution in [3.8, 4) is 0 Å². The number of carbonyl (C=O) groups excluding carboxylic acids is 1. The van der Waals surface area contributed by atoms with Crippen molar-refractivity contribution in [3.63, 3.8) is 0 Å². The third-order valence-electron chi connectivity index (χ3n) is 3.46. The number of hydrogen-bond acceptors (Lipinski definition) is 3. The van der Waals surface area contributed by atoms with Crippen molar-refractivity contribution >= 4 is 16.7 Å². The number of amides is 1. The van der Waals surface area contributed by atoms with E-state index in [1.807, 2.05) is 13.8 Å². The van der Waals surface area contributed by atoms with Gasteiger partial charge in [0.1, 0.15) is 0 Å². The first-order valence-electron chi connectivity index (χ1n) is 7.36. The van der Waals surface area contributed by atoms with Gasteiger partial charge in [0.25, 0.3) is 5.91 Å². The van der Waals surface area contributed by atoms with Crippen molar-refractivity contribution in [1.82, 2.24) is 5.32 Å². The SMILES string of the molecule is CCCC(O)(CCC)CNC(=O)c1ccc(S(C)=O)cc1. The average molecular weight is 311 g/mol. The van der Waals surface area contributed by atoms with Crippen LogP contribution in [0.15, 0.2) is 29.2 Å². The van der Waals surface area contributed by atoms with Gasteiger partial charge in [-0.3, -0.25) is 9.00 Å². The van der Waals surface area contributed by atoms with E-state index in [2.05, 4.69) is 5.32 Å². The van der Waals surface area contributed by atoms with Crippen LogP contribution >= 0.6 is 0 Å². The van der Waals surface area contributed by atoms with E-state index < -0.39 is 16.4 Å². The summed E-state index contributed by atoms with van der Waals surface area (Å²) >= 11 is 0. The Labute approximate surface area is 129 Å². The molecular weight excluding hydrogens is 286 g/mol. The highest BCUT2D eigenvalue weighted by atomic mass is 32.2. The van der Waals surface area contributed by atoms with Gasteiger partial charge in [0.2, 0.25) is 0 Å². The van der Waals surface area contributed by atoms with E-state index in [1.165, 1.54) is 0 Å². The Hall–Kier alpha value is -1.20. The van der Waals surface area contributed by atoms with Gasteiger partial charge < -0.3 is 10.4 Å². The van der Waals surface area contributed by atoms with Gasteiger partial charge in [-0.25, -0.2) is 0 Å². The summed E-state index contributed by atoms with van der Waals surface area (Å²) in [5.74, 6) is -0.214. The largest absolute Gasteiger partial charge is 0.388 e. The topological polar surface area (TPSA) is 66.4 Å². The van der Waals surface area contributed by atoms with Crippen LogP contribution in [0.5, 0.6) is 0 Å². The lowest BCUT2D eigenvalue weighted by Crippen LogP contribution is -2.42. The second-order valence-electron chi connectivity index (χ2n) is 5.39. The molecule has 4 nitrogen and oxygen atoms in total.